The quantitative estimate of drug-likeness (QED) is 0.305. The van der Waals surface area contributed by atoms with Crippen LogP contribution in [0.5, 0.6) is 0 Å². The fourth-order valence-corrected chi connectivity index (χ4v) is 4.26. The van der Waals surface area contributed by atoms with E-state index in [9.17, 15) is 9.59 Å². The monoisotopic (exact) mass is 489 g/mol. The van der Waals surface area contributed by atoms with E-state index < -0.39 is 5.41 Å². The van der Waals surface area contributed by atoms with Crippen molar-refractivity contribution in [3.63, 3.8) is 0 Å². The predicted molar refractivity (Wildman–Crippen MR) is 132 cm³/mol. The molecule has 1 aromatic heterocycles. The molecule has 2 N–H and O–H groups in total. The number of halogens is 2. The maximum Gasteiger partial charge on any atom is 0.228 e. The summed E-state index contributed by atoms with van der Waals surface area (Å²) in [6.07, 6.45) is 0.668. The van der Waals surface area contributed by atoms with Crippen LogP contribution in [0.15, 0.2) is 47.6 Å². The molecule has 0 radical (unpaired) electrons. The van der Waals surface area contributed by atoms with Gasteiger partial charge in [-0.25, -0.2) is 0 Å². The zero-order valence-corrected chi connectivity index (χ0v) is 20.8. The summed E-state index contributed by atoms with van der Waals surface area (Å²) in [7, 11) is 1.80. The molecule has 0 spiro atoms. The Morgan fingerprint density at radius 3 is 2.33 bits per heavy atom. The Balaban J connectivity index is 1.93. The van der Waals surface area contributed by atoms with Crippen molar-refractivity contribution in [3.8, 4) is 0 Å². The number of aryl methyl sites for hydroxylation is 1. The number of carbonyl (C=O) groups is 2. The maximum atomic E-state index is 13.0. The fourth-order valence-electron chi connectivity index (χ4n) is 3.86. The largest absolute Gasteiger partial charge is 0.345 e. The van der Waals surface area contributed by atoms with E-state index in [1.165, 1.54) is 0 Å². The highest BCUT2D eigenvalue weighted by Crippen LogP contribution is 2.24. The molecule has 0 aliphatic heterocycles. The van der Waals surface area contributed by atoms with Gasteiger partial charge in [0.15, 0.2) is 5.78 Å². The first-order valence-electron chi connectivity index (χ1n) is 10.7. The van der Waals surface area contributed by atoms with Crippen molar-refractivity contribution in [1.29, 1.82) is 0 Å². The minimum atomic E-state index is -0.443. The van der Waals surface area contributed by atoms with Crippen LogP contribution < -0.4 is 11.5 Å². The van der Waals surface area contributed by atoms with Crippen molar-refractivity contribution < 1.29 is 9.59 Å². The number of imidazole rings is 1. The molecule has 1 heterocycles. The third-order valence-corrected chi connectivity index (χ3v) is 6.01. The topological polar surface area (TPSA) is 85.6 Å². The van der Waals surface area contributed by atoms with Crippen molar-refractivity contribution in [2.24, 2.45) is 16.4 Å². The highest BCUT2D eigenvalue weighted by atomic mass is 35.5. The Bertz CT molecular complexity index is 1240. The standard InChI is InChI=1S/C24H29Cl2N5O2/c1-24(2,3)22(33)29(4)13-6-14-30-21-18(26)7-5-8-19(21)31(23(30)28-27)15-20(32)16-9-11-17(25)12-10-16/h5,7-12H,6,13-15,27H2,1-4H3. The normalized spacial score (nSPS) is 12.4. The van der Waals surface area contributed by atoms with Crippen LogP contribution in [0, 0.1) is 5.41 Å². The molecule has 3 rings (SSSR count). The fraction of sp³-hybridized carbons (Fsp3) is 0.375. The number of carbonyl (C=O) groups excluding carboxylic acids is 2. The first-order chi connectivity index (χ1) is 15.5. The average Bonchev–Trinajstić information content (AvgIpc) is 3.06. The van der Waals surface area contributed by atoms with Gasteiger partial charge in [-0.3, -0.25) is 9.59 Å². The number of hydrogen-bond acceptors (Lipinski definition) is 4. The van der Waals surface area contributed by atoms with Gasteiger partial charge >= 0.3 is 0 Å². The van der Waals surface area contributed by atoms with Crippen LogP contribution in [-0.4, -0.2) is 39.3 Å². The van der Waals surface area contributed by atoms with Gasteiger partial charge in [-0.2, -0.15) is 0 Å². The number of para-hydroxylation sites is 1. The van der Waals surface area contributed by atoms with E-state index in [1.807, 2.05) is 37.5 Å². The summed E-state index contributed by atoms with van der Waals surface area (Å²) < 4.78 is 3.67. The average molecular weight is 490 g/mol. The summed E-state index contributed by atoms with van der Waals surface area (Å²) in [5.74, 6) is 5.76. The van der Waals surface area contributed by atoms with E-state index in [4.69, 9.17) is 29.0 Å². The lowest BCUT2D eigenvalue weighted by atomic mass is 9.95. The number of nitrogens with zero attached hydrogens (tertiary/aromatic N) is 4. The number of benzene rings is 2. The Hall–Kier alpha value is -2.77. The van der Waals surface area contributed by atoms with Gasteiger partial charge in [-0.1, -0.05) is 50.0 Å². The molecule has 0 saturated heterocycles. The zero-order chi connectivity index (χ0) is 24.3. The molecule has 3 aromatic rings. The van der Waals surface area contributed by atoms with Gasteiger partial charge in [-0.05, 0) is 42.8 Å². The molecule has 1 amide bonds. The molecule has 9 heteroatoms. The Morgan fingerprint density at radius 2 is 1.73 bits per heavy atom. The van der Waals surface area contributed by atoms with Crippen LogP contribution in [0.4, 0.5) is 0 Å². The lowest BCUT2D eigenvalue weighted by Crippen LogP contribution is -2.38. The van der Waals surface area contributed by atoms with Crippen LogP contribution in [0.3, 0.4) is 0 Å². The molecule has 0 aliphatic carbocycles. The Labute approximate surface area is 203 Å². The second-order valence-corrected chi connectivity index (χ2v) is 9.88. The summed E-state index contributed by atoms with van der Waals surface area (Å²) in [6.45, 7) is 6.84. The number of fused-ring (bicyclic) bond motifs is 1. The molecule has 0 bridgehead atoms. The van der Waals surface area contributed by atoms with Crippen LogP contribution in [0.1, 0.15) is 37.6 Å². The second-order valence-electron chi connectivity index (χ2n) is 9.03. The summed E-state index contributed by atoms with van der Waals surface area (Å²) in [5.41, 5.74) is 2.04. The number of rotatable bonds is 7. The number of nitrogens with two attached hydrogens (primary N) is 1. The predicted octanol–water partition coefficient (Wildman–Crippen LogP) is 4.30. The van der Waals surface area contributed by atoms with Crippen molar-refractivity contribution in [2.45, 2.75) is 40.3 Å². The lowest BCUT2D eigenvalue weighted by Gasteiger charge is -2.26. The number of aromatic nitrogens is 2. The van der Waals surface area contributed by atoms with E-state index in [2.05, 4.69) is 5.10 Å². The van der Waals surface area contributed by atoms with Crippen LogP contribution >= 0.6 is 23.2 Å². The number of Topliss-reactive ketones (excluding diaryl/α,β-unsaturated/α-hetero) is 1. The molecule has 0 fully saturated rings. The third-order valence-electron chi connectivity index (χ3n) is 5.46. The molecule has 0 unspecified atom stereocenters. The van der Waals surface area contributed by atoms with Crippen LogP contribution in [0.25, 0.3) is 11.0 Å². The smallest absolute Gasteiger partial charge is 0.228 e. The molecule has 0 aliphatic rings. The second kappa shape index (κ2) is 10.0. The van der Waals surface area contributed by atoms with Crippen LogP contribution in [-0.2, 0) is 17.9 Å². The minimum Gasteiger partial charge on any atom is -0.345 e. The summed E-state index contributed by atoms with van der Waals surface area (Å²) in [5, 5.41) is 5.10. The van der Waals surface area contributed by atoms with Gasteiger partial charge in [0.2, 0.25) is 11.5 Å². The minimum absolute atomic E-state index is 0.0456. The van der Waals surface area contributed by atoms with E-state index in [1.54, 1.807) is 46.8 Å². The summed E-state index contributed by atoms with van der Waals surface area (Å²) >= 11 is 12.5. The molecule has 176 valence electrons. The van der Waals surface area contributed by atoms with E-state index in [-0.39, 0.29) is 18.2 Å². The Morgan fingerprint density at radius 1 is 1.06 bits per heavy atom. The highest BCUT2D eigenvalue weighted by molar-refractivity contribution is 6.35. The van der Waals surface area contributed by atoms with Gasteiger partial charge < -0.3 is 19.9 Å². The van der Waals surface area contributed by atoms with Crippen molar-refractivity contribution >= 4 is 45.9 Å². The van der Waals surface area contributed by atoms with Gasteiger partial charge in [0.1, 0.15) is 0 Å². The number of ketones is 1. The Kier molecular flexibility index (Phi) is 7.55. The van der Waals surface area contributed by atoms with Crippen molar-refractivity contribution in [2.75, 3.05) is 13.6 Å². The first kappa shape index (κ1) is 24.9. The number of hydrogen-bond donors (Lipinski definition) is 1. The number of amides is 1. The maximum absolute atomic E-state index is 13.0. The molecule has 2 aromatic carbocycles. The molecular formula is C24H29Cl2N5O2. The summed E-state index contributed by atoms with van der Waals surface area (Å²) in [4.78, 5) is 27.2. The molecule has 0 atom stereocenters. The van der Waals surface area contributed by atoms with Crippen molar-refractivity contribution in [1.82, 2.24) is 14.0 Å². The lowest BCUT2D eigenvalue weighted by molar-refractivity contribution is -0.138. The van der Waals surface area contributed by atoms with Gasteiger partial charge in [0.25, 0.3) is 0 Å². The third kappa shape index (κ3) is 5.42. The highest BCUT2D eigenvalue weighted by Gasteiger charge is 2.25. The zero-order valence-electron chi connectivity index (χ0n) is 19.3. The SMILES string of the molecule is CN(CCCn1c(=NN)n(CC(=O)c2ccc(Cl)cc2)c2cccc(Cl)c21)C(=O)C(C)(C)C. The first-order valence-corrected chi connectivity index (χ1v) is 11.5. The van der Waals surface area contributed by atoms with Crippen molar-refractivity contribution in [3.05, 3.63) is 63.7 Å². The molecule has 0 saturated carbocycles. The molecule has 7 nitrogen and oxygen atoms in total. The van der Waals surface area contributed by atoms with Gasteiger partial charge in [-0.15, -0.1) is 5.10 Å². The van der Waals surface area contributed by atoms with E-state index in [0.717, 1.165) is 11.0 Å². The molecule has 33 heavy (non-hydrogen) atoms. The van der Waals surface area contributed by atoms with Gasteiger partial charge in [0, 0.05) is 36.1 Å². The van der Waals surface area contributed by atoms with E-state index >= 15 is 0 Å². The molecular weight excluding hydrogens is 461 g/mol. The van der Waals surface area contributed by atoms with Gasteiger partial charge in [0.05, 0.1) is 22.6 Å². The van der Waals surface area contributed by atoms with E-state index in [0.29, 0.717) is 40.7 Å². The van der Waals surface area contributed by atoms with Crippen LogP contribution in [0.2, 0.25) is 10.0 Å². The summed E-state index contributed by atoms with van der Waals surface area (Å²) in [6, 6.07) is 12.3.